The van der Waals surface area contributed by atoms with Crippen molar-refractivity contribution >= 4 is 11.8 Å². The first-order valence-electron chi connectivity index (χ1n) is 8.55. The van der Waals surface area contributed by atoms with Crippen LogP contribution in [0.1, 0.15) is 29.6 Å². The lowest BCUT2D eigenvalue weighted by atomic mass is 9.58. The molecular formula is C18H24N2O5. The van der Waals surface area contributed by atoms with Gasteiger partial charge >= 0.3 is 0 Å². The number of aliphatic hydroxyl groups excluding tert-OH is 1. The quantitative estimate of drug-likeness (QED) is 0.719. The molecule has 2 fully saturated rings. The van der Waals surface area contributed by atoms with E-state index in [-0.39, 0.29) is 36.0 Å². The summed E-state index contributed by atoms with van der Waals surface area (Å²) in [5, 5.41) is 15.7. The number of hydrogen-bond donors (Lipinski definition) is 3. The number of benzene rings is 1. The van der Waals surface area contributed by atoms with Gasteiger partial charge in [-0.2, -0.15) is 0 Å². The molecule has 1 heterocycles. The standard InChI is InChI=1S/C18H24N2O5/c1-19-17(23)12-3-2-4-13(9-12)25-11-16(22)20-14-10-15(21)18(14)5-7-24-8-6-18/h2-4,9,14-15,21H,5-8,10-11H2,1H3,(H,19,23)(H,20,22)/t14-,15-/m1/s1. The van der Waals surface area contributed by atoms with E-state index in [0.29, 0.717) is 30.9 Å². The Morgan fingerprint density at radius 3 is 2.80 bits per heavy atom. The van der Waals surface area contributed by atoms with Gasteiger partial charge in [0.05, 0.1) is 6.10 Å². The van der Waals surface area contributed by atoms with Crippen LogP contribution in [0, 0.1) is 5.41 Å². The molecule has 0 aromatic heterocycles. The molecule has 7 nitrogen and oxygen atoms in total. The van der Waals surface area contributed by atoms with Gasteiger partial charge in [-0.25, -0.2) is 0 Å². The maximum Gasteiger partial charge on any atom is 0.258 e. The molecule has 1 aliphatic carbocycles. The molecule has 2 amide bonds. The highest BCUT2D eigenvalue weighted by Gasteiger charge is 2.55. The van der Waals surface area contributed by atoms with Crippen molar-refractivity contribution in [3.8, 4) is 5.75 Å². The van der Waals surface area contributed by atoms with Crippen LogP contribution in [-0.4, -0.2) is 55.9 Å². The van der Waals surface area contributed by atoms with Gasteiger partial charge in [-0.15, -0.1) is 0 Å². The molecule has 1 aromatic carbocycles. The lowest BCUT2D eigenvalue weighted by Crippen LogP contribution is -2.66. The number of nitrogens with one attached hydrogen (secondary N) is 2. The molecule has 0 unspecified atom stereocenters. The molecule has 3 N–H and O–H groups in total. The number of rotatable bonds is 5. The average molecular weight is 348 g/mol. The summed E-state index contributed by atoms with van der Waals surface area (Å²) in [5.74, 6) is 0.0265. The van der Waals surface area contributed by atoms with E-state index in [9.17, 15) is 14.7 Å². The summed E-state index contributed by atoms with van der Waals surface area (Å²) in [4.78, 5) is 23.8. The van der Waals surface area contributed by atoms with Crippen molar-refractivity contribution in [3.63, 3.8) is 0 Å². The van der Waals surface area contributed by atoms with Crippen LogP contribution in [0.25, 0.3) is 0 Å². The number of amides is 2. The first-order valence-corrected chi connectivity index (χ1v) is 8.55. The smallest absolute Gasteiger partial charge is 0.258 e. The van der Waals surface area contributed by atoms with E-state index < -0.39 is 0 Å². The molecule has 1 spiro atoms. The third-order valence-electron chi connectivity index (χ3n) is 5.27. The fourth-order valence-corrected chi connectivity index (χ4v) is 3.66. The minimum absolute atomic E-state index is 0.0419. The third kappa shape index (κ3) is 3.62. The number of carbonyl (C=O) groups is 2. The molecule has 7 heteroatoms. The Balaban J connectivity index is 1.52. The molecule has 136 valence electrons. The number of ether oxygens (including phenoxy) is 2. The molecule has 0 bridgehead atoms. The van der Waals surface area contributed by atoms with E-state index in [0.717, 1.165) is 12.8 Å². The van der Waals surface area contributed by atoms with E-state index in [4.69, 9.17) is 9.47 Å². The van der Waals surface area contributed by atoms with Crippen molar-refractivity contribution in [2.75, 3.05) is 26.9 Å². The molecule has 1 aromatic rings. The number of aliphatic hydroxyl groups is 1. The van der Waals surface area contributed by atoms with Gasteiger partial charge in [0.25, 0.3) is 11.8 Å². The second-order valence-corrected chi connectivity index (χ2v) is 6.61. The Morgan fingerprint density at radius 1 is 1.36 bits per heavy atom. The lowest BCUT2D eigenvalue weighted by Gasteiger charge is -2.55. The minimum Gasteiger partial charge on any atom is -0.484 e. The van der Waals surface area contributed by atoms with Crippen molar-refractivity contribution in [2.45, 2.75) is 31.4 Å². The molecule has 1 saturated carbocycles. The highest BCUT2D eigenvalue weighted by Crippen LogP contribution is 2.48. The number of carbonyl (C=O) groups excluding carboxylic acids is 2. The van der Waals surface area contributed by atoms with Crippen molar-refractivity contribution in [1.82, 2.24) is 10.6 Å². The zero-order valence-corrected chi connectivity index (χ0v) is 14.3. The molecule has 2 atom stereocenters. The maximum absolute atomic E-state index is 12.2. The summed E-state index contributed by atoms with van der Waals surface area (Å²) in [6.45, 7) is 1.11. The van der Waals surface area contributed by atoms with E-state index in [1.807, 2.05) is 0 Å². The van der Waals surface area contributed by atoms with Gasteiger partial charge in [-0.05, 0) is 37.5 Å². The van der Waals surface area contributed by atoms with Gasteiger partial charge in [0.1, 0.15) is 5.75 Å². The van der Waals surface area contributed by atoms with Crippen LogP contribution >= 0.6 is 0 Å². The molecule has 2 aliphatic rings. The summed E-state index contributed by atoms with van der Waals surface area (Å²) in [7, 11) is 1.56. The third-order valence-corrected chi connectivity index (χ3v) is 5.27. The van der Waals surface area contributed by atoms with Crippen molar-refractivity contribution in [1.29, 1.82) is 0 Å². The summed E-state index contributed by atoms with van der Waals surface area (Å²) < 4.78 is 10.9. The van der Waals surface area contributed by atoms with Crippen LogP contribution < -0.4 is 15.4 Å². The van der Waals surface area contributed by atoms with E-state index in [1.54, 1.807) is 31.3 Å². The monoisotopic (exact) mass is 348 g/mol. The number of hydrogen-bond acceptors (Lipinski definition) is 5. The van der Waals surface area contributed by atoms with Gasteiger partial charge in [0.2, 0.25) is 0 Å². The van der Waals surface area contributed by atoms with Gasteiger partial charge < -0.3 is 25.2 Å². The second kappa shape index (κ2) is 7.41. The predicted molar refractivity (Wildman–Crippen MR) is 90.4 cm³/mol. The second-order valence-electron chi connectivity index (χ2n) is 6.61. The molecule has 3 rings (SSSR count). The summed E-state index contributed by atoms with van der Waals surface area (Å²) in [5.41, 5.74) is 0.219. The molecule has 1 saturated heterocycles. The lowest BCUT2D eigenvalue weighted by molar-refractivity contribution is -0.156. The highest BCUT2D eigenvalue weighted by molar-refractivity contribution is 5.94. The Bertz CT molecular complexity index is 642. The normalized spacial score (nSPS) is 24.2. The fraction of sp³-hybridized carbons (Fsp3) is 0.556. The van der Waals surface area contributed by atoms with Crippen LogP contribution in [0.2, 0.25) is 0 Å². The van der Waals surface area contributed by atoms with Crippen LogP contribution in [0.3, 0.4) is 0 Å². The zero-order valence-electron chi connectivity index (χ0n) is 14.3. The Kier molecular flexibility index (Phi) is 5.24. The summed E-state index contributed by atoms with van der Waals surface area (Å²) >= 11 is 0. The van der Waals surface area contributed by atoms with Gasteiger partial charge in [0, 0.05) is 37.3 Å². The Labute approximate surface area is 146 Å². The van der Waals surface area contributed by atoms with E-state index in [1.165, 1.54) is 0 Å². The maximum atomic E-state index is 12.2. The van der Waals surface area contributed by atoms with Gasteiger partial charge in [0.15, 0.2) is 6.61 Å². The van der Waals surface area contributed by atoms with Crippen molar-refractivity contribution in [2.24, 2.45) is 5.41 Å². The summed E-state index contributed by atoms with van der Waals surface area (Å²) in [6, 6.07) is 6.64. The molecular weight excluding hydrogens is 324 g/mol. The minimum atomic E-state index is -0.383. The molecule has 1 aliphatic heterocycles. The van der Waals surface area contributed by atoms with Crippen LogP contribution in [0.15, 0.2) is 24.3 Å². The van der Waals surface area contributed by atoms with Gasteiger partial charge in [-0.3, -0.25) is 9.59 Å². The first kappa shape index (κ1) is 17.7. The Morgan fingerprint density at radius 2 is 2.12 bits per heavy atom. The summed E-state index contributed by atoms with van der Waals surface area (Å²) in [6.07, 6.45) is 1.70. The predicted octanol–water partition coefficient (Wildman–Crippen LogP) is 0.471. The van der Waals surface area contributed by atoms with Crippen molar-refractivity contribution < 1.29 is 24.2 Å². The van der Waals surface area contributed by atoms with Crippen molar-refractivity contribution in [3.05, 3.63) is 29.8 Å². The van der Waals surface area contributed by atoms with Crippen LogP contribution in [0.5, 0.6) is 5.75 Å². The largest absolute Gasteiger partial charge is 0.484 e. The van der Waals surface area contributed by atoms with Crippen LogP contribution in [-0.2, 0) is 9.53 Å². The average Bonchev–Trinajstić information content (AvgIpc) is 2.66. The van der Waals surface area contributed by atoms with E-state index >= 15 is 0 Å². The fourth-order valence-electron chi connectivity index (χ4n) is 3.66. The first-order chi connectivity index (χ1) is 12.0. The zero-order chi connectivity index (χ0) is 17.9. The van der Waals surface area contributed by atoms with Gasteiger partial charge in [-0.1, -0.05) is 6.07 Å². The SMILES string of the molecule is CNC(=O)c1cccc(OCC(=O)N[C@@H]2C[C@@H](O)C23CCOCC3)c1. The topological polar surface area (TPSA) is 96.9 Å². The molecule has 25 heavy (non-hydrogen) atoms. The molecule has 0 radical (unpaired) electrons. The Hall–Kier alpha value is -2.12. The highest BCUT2D eigenvalue weighted by atomic mass is 16.5. The van der Waals surface area contributed by atoms with Crippen LogP contribution in [0.4, 0.5) is 0 Å². The van der Waals surface area contributed by atoms with E-state index in [2.05, 4.69) is 10.6 Å².